The molecule has 10 heteroatoms. The van der Waals surface area contributed by atoms with Gasteiger partial charge < -0.3 is 25.0 Å². The second-order valence-corrected chi connectivity index (χ2v) is 7.09. The van der Waals surface area contributed by atoms with Crippen molar-refractivity contribution in [3.05, 3.63) is 66.3 Å². The van der Waals surface area contributed by atoms with E-state index in [4.69, 9.17) is 4.52 Å². The Morgan fingerprint density at radius 1 is 1.00 bits per heavy atom. The van der Waals surface area contributed by atoms with Gasteiger partial charge in [0.25, 0.3) is 0 Å². The van der Waals surface area contributed by atoms with E-state index < -0.39 is 0 Å². The molecular formula is C21H23N7O3. The smallest absolute Gasteiger partial charge is 0.319 e. The minimum atomic E-state index is -0.341. The molecule has 0 radical (unpaired) electrons. The van der Waals surface area contributed by atoms with Crippen LogP contribution in [0.4, 0.5) is 16.4 Å². The summed E-state index contributed by atoms with van der Waals surface area (Å²) in [5.41, 5.74) is 2.18. The molecule has 3 aromatic rings. The lowest BCUT2D eigenvalue weighted by molar-refractivity contribution is -0.130. The zero-order chi connectivity index (χ0) is 21.5. The number of piperazine rings is 1. The van der Waals surface area contributed by atoms with Crippen LogP contribution in [-0.2, 0) is 17.8 Å². The minimum absolute atomic E-state index is 0.0831. The molecule has 31 heavy (non-hydrogen) atoms. The molecule has 1 saturated heterocycles. The fourth-order valence-electron chi connectivity index (χ4n) is 3.28. The van der Waals surface area contributed by atoms with E-state index >= 15 is 0 Å². The van der Waals surface area contributed by atoms with Crippen molar-refractivity contribution in [2.75, 3.05) is 36.4 Å². The highest BCUT2D eigenvalue weighted by Crippen LogP contribution is 2.13. The lowest BCUT2D eigenvalue weighted by Crippen LogP contribution is -2.49. The fourth-order valence-corrected chi connectivity index (χ4v) is 3.28. The zero-order valence-electron chi connectivity index (χ0n) is 16.9. The average molecular weight is 421 g/mol. The van der Waals surface area contributed by atoms with Crippen molar-refractivity contribution >= 4 is 23.6 Å². The van der Waals surface area contributed by atoms with E-state index in [-0.39, 0.29) is 18.5 Å². The first-order valence-electron chi connectivity index (χ1n) is 10.0. The highest BCUT2D eigenvalue weighted by Gasteiger charge is 2.22. The first-order chi connectivity index (χ1) is 15.2. The third-order valence-corrected chi connectivity index (χ3v) is 4.96. The number of rotatable bonds is 6. The summed E-state index contributed by atoms with van der Waals surface area (Å²) in [6, 6.07) is 10.4. The van der Waals surface area contributed by atoms with Gasteiger partial charge in [-0.2, -0.15) is 0 Å². The van der Waals surface area contributed by atoms with Gasteiger partial charge in [0.2, 0.25) is 11.9 Å². The van der Waals surface area contributed by atoms with Gasteiger partial charge in [0.1, 0.15) is 12.0 Å². The Hall–Kier alpha value is -3.95. The van der Waals surface area contributed by atoms with E-state index in [0.717, 1.165) is 5.56 Å². The van der Waals surface area contributed by atoms with Gasteiger partial charge in [-0.25, -0.2) is 14.8 Å². The molecule has 0 atom stereocenters. The van der Waals surface area contributed by atoms with Crippen molar-refractivity contribution in [1.29, 1.82) is 0 Å². The largest absolute Gasteiger partial charge is 0.364 e. The molecule has 0 aliphatic carbocycles. The van der Waals surface area contributed by atoms with Crippen LogP contribution in [0.3, 0.4) is 0 Å². The van der Waals surface area contributed by atoms with E-state index in [1.54, 1.807) is 36.7 Å². The van der Waals surface area contributed by atoms with Gasteiger partial charge in [-0.3, -0.25) is 4.79 Å². The summed E-state index contributed by atoms with van der Waals surface area (Å²) >= 11 is 0. The molecule has 1 aromatic carbocycles. The summed E-state index contributed by atoms with van der Waals surface area (Å²) in [5, 5.41) is 9.17. The maximum absolute atomic E-state index is 12.7. The van der Waals surface area contributed by atoms with Gasteiger partial charge in [-0.05, 0) is 23.8 Å². The molecule has 2 aromatic heterocycles. The Balaban J connectivity index is 1.22. The number of nitrogens with zero attached hydrogens (tertiary/aromatic N) is 5. The number of aromatic nitrogens is 3. The van der Waals surface area contributed by atoms with E-state index in [9.17, 15) is 9.59 Å². The Kier molecular flexibility index (Phi) is 6.36. The lowest BCUT2D eigenvalue weighted by atomic mass is 10.1. The van der Waals surface area contributed by atoms with Gasteiger partial charge in [-0.1, -0.05) is 17.3 Å². The fraction of sp³-hybridized carbons (Fsp3) is 0.286. The summed E-state index contributed by atoms with van der Waals surface area (Å²) in [5.74, 6) is 0.780. The normalized spacial score (nSPS) is 13.7. The molecule has 1 aliphatic heterocycles. The summed E-state index contributed by atoms with van der Waals surface area (Å²) in [6.07, 6.45) is 5.21. The van der Waals surface area contributed by atoms with Gasteiger partial charge in [0.05, 0.1) is 13.0 Å². The molecule has 1 fully saturated rings. The third kappa shape index (κ3) is 5.56. The Bertz CT molecular complexity index is 986. The number of urea groups is 1. The molecule has 0 spiro atoms. The zero-order valence-corrected chi connectivity index (χ0v) is 16.9. The van der Waals surface area contributed by atoms with E-state index in [1.807, 2.05) is 17.0 Å². The van der Waals surface area contributed by atoms with Crippen LogP contribution >= 0.6 is 0 Å². The Morgan fingerprint density at radius 3 is 2.42 bits per heavy atom. The number of hydrogen-bond donors (Lipinski definition) is 2. The molecular weight excluding hydrogens is 398 g/mol. The topological polar surface area (TPSA) is 116 Å². The molecule has 4 rings (SSSR count). The summed E-state index contributed by atoms with van der Waals surface area (Å²) in [7, 11) is 0. The maximum Gasteiger partial charge on any atom is 0.319 e. The molecule has 2 N–H and O–H groups in total. The minimum Gasteiger partial charge on any atom is -0.364 e. The maximum atomic E-state index is 12.7. The summed E-state index contributed by atoms with van der Waals surface area (Å²) < 4.78 is 4.72. The van der Waals surface area contributed by atoms with Crippen LogP contribution in [0.25, 0.3) is 0 Å². The van der Waals surface area contributed by atoms with Crippen molar-refractivity contribution in [1.82, 2.24) is 25.3 Å². The van der Waals surface area contributed by atoms with Gasteiger partial charge in [0, 0.05) is 50.3 Å². The number of hydrogen-bond acceptors (Lipinski definition) is 7. The van der Waals surface area contributed by atoms with Crippen molar-refractivity contribution in [2.24, 2.45) is 0 Å². The summed E-state index contributed by atoms with van der Waals surface area (Å²) in [6.45, 7) is 2.98. The Morgan fingerprint density at radius 2 is 1.74 bits per heavy atom. The third-order valence-electron chi connectivity index (χ3n) is 4.96. The number of benzene rings is 1. The number of carbonyl (C=O) groups is 2. The SMILES string of the molecule is O=C(NCc1ccon1)Nc1ccc(CC(=O)N2CCN(c3ncccn3)CC2)cc1. The first kappa shape index (κ1) is 20.3. The standard InChI is InChI=1S/C21H23N7O3/c29-19(27-9-11-28(12-10-27)20-22-7-1-8-23-20)14-16-2-4-17(5-3-16)25-21(30)24-15-18-6-13-31-26-18/h1-8,13H,9-12,14-15H2,(H2,24,25,30). The number of carbonyl (C=O) groups excluding carboxylic acids is 2. The predicted molar refractivity (Wildman–Crippen MR) is 113 cm³/mol. The van der Waals surface area contributed by atoms with E-state index in [2.05, 4.69) is 30.7 Å². The molecule has 3 amide bonds. The van der Waals surface area contributed by atoms with Gasteiger partial charge in [0.15, 0.2) is 0 Å². The van der Waals surface area contributed by atoms with Crippen LogP contribution in [0.2, 0.25) is 0 Å². The molecule has 1 aliphatic rings. The second kappa shape index (κ2) is 9.70. The van der Waals surface area contributed by atoms with E-state index in [0.29, 0.717) is 49.9 Å². The van der Waals surface area contributed by atoms with Crippen molar-refractivity contribution < 1.29 is 14.1 Å². The summed E-state index contributed by atoms with van der Waals surface area (Å²) in [4.78, 5) is 37.1. The monoisotopic (exact) mass is 421 g/mol. The van der Waals surface area contributed by atoms with Crippen LogP contribution in [0, 0.1) is 0 Å². The van der Waals surface area contributed by atoms with Gasteiger partial charge >= 0.3 is 6.03 Å². The first-order valence-corrected chi connectivity index (χ1v) is 10.0. The number of amides is 3. The predicted octanol–water partition coefficient (Wildman–Crippen LogP) is 1.68. The average Bonchev–Trinajstić information content (AvgIpc) is 3.33. The van der Waals surface area contributed by atoms with Crippen molar-refractivity contribution in [3.8, 4) is 0 Å². The molecule has 0 saturated carbocycles. The molecule has 0 unspecified atom stereocenters. The molecule has 160 valence electrons. The van der Waals surface area contributed by atoms with Crippen LogP contribution < -0.4 is 15.5 Å². The molecule has 3 heterocycles. The van der Waals surface area contributed by atoms with Crippen LogP contribution in [0.15, 0.2) is 59.6 Å². The van der Waals surface area contributed by atoms with Crippen LogP contribution in [0.1, 0.15) is 11.3 Å². The quantitative estimate of drug-likeness (QED) is 0.622. The molecule has 0 bridgehead atoms. The van der Waals surface area contributed by atoms with Gasteiger partial charge in [-0.15, -0.1) is 0 Å². The van der Waals surface area contributed by atoms with Crippen LogP contribution in [0.5, 0.6) is 0 Å². The highest BCUT2D eigenvalue weighted by molar-refractivity contribution is 5.89. The molecule has 10 nitrogen and oxygen atoms in total. The van der Waals surface area contributed by atoms with Crippen LogP contribution in [-0.4, -0.2) is 58.1 Å². The van der Waals surface area contributed by atoms with Crippen molar-refractivity contribution in [3.63, 3.8) is 0 Å². The number of anilines is 2. The lowest BCUT2D eigenvalue weighted by Gasteiger charge is -2.34. The second-order valence-electron chi connectivity index (χ2n) is 7.09. The number of nitrogens with one attached hydrogen (secondary N) is 2. The Labute approximate surface area is 179 Å². The van der Waals surface area contributed by atoms with Crippen molar-refractivity contribution in [2.45, 2.75) is 13.0 Å². The highest BCUT2D eigenvalue weighted by atomic mass is 16.5. The van der Waals surface area contributed by atoms with E-state index in [1.165, 1.54) is 6.26 Å².